The molecule has 0 amide bonds. The van der Waals surface area contributed by atoms with Crippen molar-refractivity contribution in [1.82, 2.24) is 20.1 Å². The van der Waals surface area contributed by atoms with Gasteiger partial charge < -0.3 is 25.0 Å². The quantitative estimate of drug-likeness (QED) is 0.534. The number of likely N-dealkylation sites (tertiary alicyclic amines) is 1. The summed E-state index contributed by atoms with van der Waals surface area (Å²) in [4.78, 5) is 27.2. The van der Waals surface area contributed by atoms with Crippen LogP contribution < -0.4 is 4.90 Å². The average Bonchev–Trinajstić information content (AvgIpc) is 3.47. The van der Waals surface area contributed by atoms with Crippen molar-refractivity contribution in [2.75, 3.05) is 38.1 Å². The normalized spacial score (nSPS) is 20.3. The fraction of sp³-hybridized carbons (Fsp3) is 0.304. The molecule has 2 atom stereocenters. The van der Waals surface area contributed by atoms with E-state index in [1.807, 2.05) is 6.20 Å². The number of fused-ring (bicyclic) bond motifs is 2. The number of aromatic nitrogens is 3. The van der Waals surface area contributed by atoms with Crippen molar-refractivity contribution in [1.29, 1.82) is 0 Å². The zero-order chi connectivity index (χ0) is 22.7. The summed E-state index contributed by atoms with van der Waals surface area (Å²) in [6.45, 7) is 4.64. The van der Waals surface area contributed by atoms with Gasteiger partial charge in [0.25, 0.3) is 0 Å². The molecule has 2 fully saturated rings. The van der Waals surface area contributed by atoms with Gasteiger partial charge in [0.1, 0.15) is 0 Å². The van der Waals surface area contributed by atoms with Crippen LogP contribution in [-0.4, -0.2) is 75.5 Å². The molecule has 0 aliphatic carbocycles. The van der Waals surface area contributed by atoms with Gasteiger partial charge in [-0.15, -0.1) is 10.2 Å². The maximum Gasteiger partial charge on any atom is 0.328 e. The van der Waals surface area contributed by atoms with Crippen molar-refractivity contribution in [3.05, 3.63) is 54.7 Å². The first-order valence-corrected chi connectivity index (χ1v) is 10.4. The van der Waals surface area contributed by atoms with Crippen LogP contribution in [0.1, 0.15) is 0 Å². The summed E-state index contributed by atoms with van der Waals surface area (Å²) < 4.78 is 0. The number of anilines is 1. The number of H-pyrrole nitrogens is 1. The number of aliphatic carboxylic acids is 2. The van der Waals surface area contributed by atoms with Gasteiger partial charge in [0, 0.05) is 61.0 Å². The fourth-order valence-corrected chi connectivity index (χ4v) is 4.42. The second kappa shape index (κ2) is 9.19. The maximum absolute atomic E-state index is 9.55. The van der Waals surface area contributed by atoms with Crippen molar-refractivity contribution >= 4 is 28.7 Å². The Morgan fingerprint density at radius 1 is 0.969 bits per heavy atom. The number of hydrogen-bond acceptors (Lipinski definition) is 6. The molecule has 5 rings (SSSR count). The van der Waals surface area contributed by atoms with Gasteiger partial charge in [-0.3, -0.25) is 0 Å². The second-order valence-electron chi connectivity index (χ2n) is 8.21. The molecule has 2 unspecified atom stereocenters. The van der Waals surface area contributed by atoms with Crippen LogP contribution in [0.4, 0.5) is 5.82 Å². The molecular formula is C23H25N5O4. The van der Waals surface area contributed by atoms with Gasteiger partial charge in [-0.2, -0.15) is 0 Å². The zero-order valence-electron chi connectivity index (χ0n) is 17.7. The number of carbonyl (C=O) groups is 2. The molecule has 0 spiro atoms. The molecule has 2 aliphatic heterocycles. The minimum Gasteiger partial charge on any atom is -0.478 e. The van der Waals surface area contributed by atoms with Gasteiger partial charge in [-0.05, 0) is 49.2 Å². The maximum atomic E-state index is 9.55. The van der Waals surface area contributed by atoms with E-state index in [2.05, 4.69) is 68.4 Å². The van der Waals surface area contributed by atoms with Crippen molar-refractivity contribution in [2.24, 2.45) is 11.8 Å². The van der Waals surface area contributed by atoms with Gasteiger partial charge in [0.2, 0.25) is 0 Å². The highest BCUT2D eigenvalue weighted by molar-refractivity contribution is 5.89. The molecule has 4 heterocycles. The molecule has 1 aromatic carbocycles. The molecule has 0 radical (unpaired) electrons. The highest BCUT2D eigenvalue weighted by Crippen LogP contribution is 2.32. The largest absolute Gasteiger partial charge is 0.478 e. The van der Waals surface area contributed by atoms with E-state index in [4.69, 9.17) is 10.2 Å². The smallest absolute Gasteiger partial charge is 0.328 e. The van der Waals surface area contributed by atoms with Crippen LogP contribution in [0.25, 0.3) is 22.2 Å². The first-order chi connectivity index (χ1) is 15.4. The standard InChI is InChI=1S/C19H21N5.C4H4O4/c1-23-9-15-11-24(12-16(15)10-23)19-5-4-18(21-22-19)13-2-3-17-14(8-13)6-7-20-17;5-3(6)1-2-4(7)8/h2-8,15-16,20H,9-12H2,1H3;1-2H,(H,5,6)(H,7,8)/b;2-1+. The monoisotopic (exact) mass is 435 g/mol. The summed E-state index contributed by atoms with van der Waals surface area (Å²) in [5, 5.41) is 25.8. The Labute approximate surface area is 185 Å². The lowest BCUT2D eigenvalue weighted by atomic mass is 10.0. The molecule has 3 N–H and O–H groups in total. The van der Waals surface area contributed by atoms with Crippen LogP contribution in [0.5, 0.6) is 0 Å². The van der Waals surface area contributed by atoms with Gasteiger partial charge in [0.05, 0.1) is 5.69 Å². The first kappa shape index (κ1) is 21.5. The third-order valence-electron chi connectivity index (χ3n) is 5.86. The van der Waals surface area contributed by atoms with E-state index >= 15 is 0 Å². The number of rotatable bonds is 4. The third kappa shape index (κ3) is 4.94. The summed E-state index contributed by atoms with van der Waals surface area (Å²) in [5.41, 5.74) is 3.19. The van der Waals surface area contributed by atoms with Crippen molar-refractivity contribution in [3.8, 4) is 11.3 Å². The summed E-state index contributed by atoms with van der Waals surface area (Å²) in [6, 6.07) is 12.6. The highest BCUT2D eigenvalue weighted by atomic mass is 16.4. The van der Waals surface area contributed by atoms with Gasteiger partial charge in [-0.25, -0.2) is 9.59 Å². The first-order valence-electron chi connectivity index (χ1n) is 10.4. The number of hydrogen-bond donors (Lipinski definition) is 3. The van der Waals surface area contributed by atoms with E-state index in [1.54, 1.807) is 0 Å². The van der Waals surface area contributed by atoms with E-state index in [9.17, 15) is 9.59 Å². The highest BCUT2D eigenvalue weighted by Gasteiger charge is 2.39. The van der Waals surface area contributed by atoms with Crippen LogP contribution in [0.2, 0.25) is 0 Å². The summed E-state index contributed by atoms with van der Waals surface area (Å²) >= 11 is 0. The van der Waals surface area contributed by atoms with Crippen molar-refractivity contribution in [2.45, 2.75) is 0 Å². The average molecular weight is 435 g/mol. The van der Waals surface area contributed by atoms with Crippen LogP contribution >= 0.6 is 0 Å². The molecule has 0 saturated carbocycles. The lowest BCUT2D eigenvalue weighted by Crippen LogP contribution is -2.27. The molecule has 3 aromatic rings. The lowest BCUT2D eigenvalue weighted by Gasteiger charge is -2.19. The molecule has 2 saturated heterocycles. The minimum atomic E-state index is -1.26. The van der Waals surface area contributed by atoms with Crippen molar-refractivity contribution < 1.29 is 19.8 Å². The van der Waals surface area contributed by atoms with E-state index < -0.39 is 11.9 Å². The topological polar surface area (TPSA) is 123 Å². The Hall–Kier alpha value is -3.72. The predicted octanol–water partition coefficient (Wildman–Crippen LogP) is 2.33. The molecule has 9 heteroatoms. The van der Waals surface area contributed by atoms with Crippen molar-refractivity contribution in [3.63, 3.8) is 0 Å². The third-order valence-corrected chi connectivity index (χ3v) is 5.86. The van der Waals surface area contributed by atoms with E-state index in [0.29, 0.717) is 12.2 Å². The lowest BCUT2D eigenvalue weighted by molar-refractivity contribution is -0.134. The molecule has 0 bridgehead atoms. The van der Waals surface area contributed by atoms with Crippen LogP contribution in [0.3, 0.4) is 0 Å². The fourth-order valence-electron chi connectivity index (χ4n) is 4.42. The number of nitrogens with one attached hydrogen (secondary N) is 1. The van der Waals surface area contributed by atoms with Gasteiger partial charge in [-0.1, -0.05) is 6.07 Å². The number of carboxylic acids is 2. The number of carboxylic acid groups (broad SMARTS) is 2. The van der Waals surface area contributed by atoms with E-state index in [0.717, 1.165) is 47.5 Å². The Kier molecular flexibility index (Phi) is 6.18. The minimum absolute atomic E-state index is 0.558. The van der Waals surface area contributed by atoms with Crippen LogP contribution in [0.15, 0.2) is 54.7 Å². The Morgan fingerprint density at radius 2 is 1.66 bits per heavy atom. The zero-order valence-corrected chi connectivity index (χ0v) is 17.7. The van der Waals surface area contributed by atoms with E-state index in [-0.39, 0.29) is 0 Å². The molecule has 32 heavy (non-hydrogen) atoms. The predicted molar refractivity (Wildman–Crippen MR) is 120 cm³/mol. The number of nitrogens with zero attached hydrogens (tertiary/aromatic N) is 4. The molecule has 2 aromatic heterocycles. The summed E-state index contributed by atoms with van der Waals surface area (Å²) in [6.07, 6.45) is 3.08. The number of benzene rings is 1. The van der Waals surface area contributed by atoms with Crippen LogP contribution in [-0.2, 0) is 9.59 Å². The van der Waals surface area contributed by atoms with Gasteiger partial charge in [0.15, 0.2) is 5.82 Å². The van der Waals surface area contributed by atoms with E-state index in [1.165, 1.54) is 18.5 Å². The summed E-state index contributed by atoms with van der Waals surface area (Å²) in [5.74, 6) is 0.0678. The van der Waals surface area contributed by atoms with Crippen LogP contribution in [0, 0.1) is 11.8 Å². The SMILES string of the molecule is CN1CC2CN(c3ccc(-c4ccc5[nH]ccc5c4)nn3)CC2C1.O=C(O)/C=C/C(=O)O. The Bertz CT molecular complexity index is 1110. The summed E-state index contributed by atoms with van der Waals surface area (Å²) in [7, 11) is 2.22. The Morgan fingerprint density at radius 3 is 2.25 bits per heavy atom. The molecular weight excluding hydrogens is 410 g/mol. The second-order valence-corrected chi connectivity index (χ2v) is 8.21. The van der Waals surface area contributed by atoms with Gasteiger partial charge >= 0.3 is 11.9 Å². The molecule has 9 nitrogen and oxygen atoms in total. The molecule has 166 valence electrons. The Balaban J connectivity index is 0.000000265. The molecule has 2 aliphatic rings. The number of aromatic amines is 1.